The van der Waals surface area contributed by atoms with Crippen molar-refractivity contribution in [3.63, 3.8) is 0 Å². The van der Waals surface area contributed by atoms with Crippen LogP contribution in [0.3, 0.4) is 0 Å². The minimum Gasteiger partial charge on any atom is -0.491 e. The standard InChI is InChI=1S/C29H22BrClN2O4S/c1-18-4-2-3-5-26(18)37-13-12-32-16-20(23-15-21(30)8-11-24(23)32)14-27-28(35)33(29(36)38-27)17-25(34)19-6-9-22(31)10-7-19/h2-11,14-16H,12-13,17H2,1H3/b27-14-. The van der Waals surface area contributed by atoms with Gasteiger partial charge in [0.05, 0.1) is 18.0 Å². The second-order valence-corrected chi connectivity index (χ2v) is 11.1. The Morgan fingerprint density at radius 1 is 1.08 bits per heavy atom. The molecule has 0 radical (unpaired) electrons. The summed E-state index contributed by atoms with van der Waals surface area (Å²) in [7, 11) is 0. The van der Waals surface area contributed by atoms with Gasteiger partial charge >= 0.3 is 0 Å². The van der Waals surface area contributed by atoms with Gasteiger partial charge in [-0.2, -0.15) is 0 Å². The van der Waals surface area contributed by atoms with Crippen molar-refractivity contribution >= 4 is 73.2 Å². The highest BCUT2D eigenvalue weighted by Gasteiger charge is 2.36. The van der Waals surface area contributed by atoms with Crippen LogP contribution in [0.25, 0.3) is 17.0 Å². The zero-order valence-corrected chi connectivity index (χ0v) is 23.5. The largest absolute Gasteiger partial charge is 0.491 e. The van der Waals surface area contributed by atoms with E-state index in [1.807, 2.05) is 55.6 Å². The van der Waals surface area contributed by atoms with Gasteiger partial charge in [0, 0.05) is 37.7 Å². The summed E-state index contributed by atoms with van der Waals surface area (Å²) < 4.78 is 8.95. The number of Topliss-reactive ketones (excluding diaryl/α,β-unsaturated/α-hetero) is 1. The molecule has 0 unspecified atom stereocenters. The number of amides is 2. The maximum absolute atomic E-state index is 13.1. The van der Waals surface area contributed by atoms with Crippen molar-refractivity contribution in [2.75, 3.05) is 13.2 Å². The van der Waals surface area contributed by atoms with E-state index in [1.54, 1.807) is 30.3 Å². The summed E-state index contributed by atoms with van der Waals surface area (Å²) in [6, 6.07) is 20.2. The van der Waals surface area contributed by atoms with Crippen LogP contribution >= 0.6 is 39.3 Å². The number of carbonyl (C=O) groups is 3. The van der Waals surface area contributed by atoms with Gasteiger partial charge in [0.25, 0.3) is 11.1 Å². The molecule has 1 aromatic heterocycles. The van der Waals surface area contributed by atoms with Gasteiger partial charge in [-0.1, -0.05) is 45.7 Å². The van der Waals surface area contributed by atoms with E-state index < -0.39 is 11.1 Å². The Hall–Kier alpha value is -3.33. The molecule has 0 spiro atoms. The lowest BCUT2D eigenvalue weighted by atomic mass is 10.1. The summed E-state index contributed by atoms with van der Waals surface area (Å²) in [6.07, 6.45) is 3.66. The number of fused-ring (bicyclic) bond motifs is 1. The van der Waals surface area contributed by atoms with Gasteiger partial charge in [-0.05, 0) is 78.9 Å². The zero-order valence-electron chi connectivity index (χ0n) is 20.3. The normalized spacial score (nSPS) is 14.6. The number of para-hydroxylation sites is 1. The second kappa shape index (κ2) is 11.2. The third-order valence-corrected chi connectivity index (χ3v) is 7.84. The number of benzene rings is 3. The molecule has 2 amide bonds. The van der Waals surface area contributed by atoms with E-state index in [0.717, 1.165) is 48.9 Å². The number of ketones is 1. The average Bonchev–Trinajstić information content (AvgIpc) is 3.36. The Morgan fingerprint density at radius 2 is 1.84 bits per heavy atom. The molecule has 1 saturated heterocycles. The van der Waals surface area contributed by atoms with Gasteiger partial charge in [0.1, 0.15) is 12.4 Å². The highest BCUT2D eigenvalue weighted by Crippen LogP contribution is 2.35. The van der Waals surface area contributed by atoms with Crippen molar-refractivity contribution in [1.29, 1.82) is 0 Å². The molecule has 1 fully saturated rings. The van der Waals surface area contributed by atoms with Gasteiger partial charge in [-0.3, -0.25) is 19.3 Å². The molecule has 1 aliphatic heterocycles. The third kappa shape index (κ3) is 5.57. The number of ether oxygens (including phenoxy) is 1. The van der Waals surface area contributed by atoms with Crippen molar-refractivity contribution in [2.24, 2.45) is 0 Å². The summed E-state index contributed by atoms with van der Waals surface area (Å²) in [5, 5.41) is 0.961. The Bertz CT molecular complexity index is 1600. The smallest absolute Gasteiger partial charge is 0.293 e. The first-order valence-corrected chi connectivity index (χ1v) is 13.8. The fourth-order valence-corrected chi connectivity index (χ4v) is 5.53. The van der Waals surface area contributed by atoms with Crippen LogP contribution in [0.2, 0.25) is 5.02 Å². The van der Waals surface area contributed by atoms with E-state index >= 15 is 0 Å². The highest BCUT2D eigenvalue weighted by molar-refractivity contribution is 9.10. The molecule has 0 aliphatic carbocycles. The topological polar surface area (TPSA) is 68.6 Å². The molecule has 192 valence electrons. The number of nitrogens with zero attached hydrogens (tertiary/aromatic N) is 2. The molecule has 5 rings (SSSR count). The lowest BCUT2D eigenvalue weighted by Gasteiger charge is -2.11. The van der Waals surface area contributed by atoms with Gasteiger partial charge < -0.3 is 9.30 Å². The van der Waals surface area contributed by atoms with Crippen molar-refractivity contribution in [3.05, 3.63) is 104 Å². The maximum atomic E-state index is 13.1. The molecular weight excluding hydrogens is 588 g/mol. The van der Waals surface area contributed by atoms with E-state index in [4.69, 9.17) is 16.3 Å². The molecule has 0 atom stereocenters. The number of imide groups is 1. The monoisotopic (exact) mass is 608 g/mol. The molecule has 4 aromatic rings. The predicted molar refractivity (Wildman–Crippen MR) is 155 cm³/mol. The molecule has 0 N–H and O–H groups in total. The molecule has 6 nitrogen and oxygen atoms in total. The lowest BCUT2D eigenvalue weighted by molar-refractivity contribution is -0.122. The number of thioether (sulfide) groups is 1. The minimum atomic E-state index is -0.485. The third-order valence-electron chi connectivity index (χ3n) is 6.19. The fourth-order valence-electron chi connectivity index (χ4n) is 4.22. The SMILES string of the molecule is Cc1ccccc1OCCn1cc(/C=C2\SC(=O)N(CC(=O)c3ccc(Cl)cc3)C2=O)c2cc(Br)ccc21. The molecule has 38 heavy (non-hydrogen) atoms. The van der Waals surface area contributed by atoms with Crippen LogP contribution in [-0.2, 0) is 11.3 Å². The molecule has 3 aromatic carbocycles. The maximum Gasteiger partial charge on any atom is 0.293 e. The molecule has 2 heterocycles. The number of hydrogen-bond donors (Lipinski definition) is 0. The van der Waals surface area contributed by atoms with E-state index in [-0.39, 0.29) is 17.2 Å². The summed E-state index contributed by atoms with van der Waals surface area (Å²) in [5.74, 6) is 0.0225. The van der Waals surface area contributed by atoms with Crippen molar-refractivity contribution in [1.82, 2.24) is 9.47 Å². The first kappa shape index (κ1) is 26.3. The van der Waals surface area contributed by atoms with Crippen LogP contribution in [0.4, 0.5) is 4.79 Å². The van der Waals surface area contributed by atoms with E-state index in [2.05, 4.69) is 20.5 Å². The van der Waals surface area contributed by atoms with Gasteiger partial charge in [0.15, 0.2) is 5.78 Å². The summed E-state index contributed by atoms with van der Waals surface area (Å²) in [6.45, 7) is 2.74. The molecule has 0 bridgehead atoms. The Kier molecular flexibility index (Phi) is 7.74. The highest BCUT2D eigenvalue weighted by atomic mass is 79.9. The van der Waals surface area contributed by atoms with Gasteiger partial charge in [-0.25, -0.2) is 0 Å². The number of hydrogen-bond acceptors (Lipinski definition) is 5. The summed E-state index contributed by atoms with van der Waals surface area (Å²) in [5.41, 5.74) is 3.23. The van der Waals surface area contributed by atoms with Crippen molar-refractivity contribution in [2.45, 2.75) is 13.5 Å². The van der Waals surface area contributed by atoms with Gasteiger partial charge in [0.2, 0.25) is 0 Å². The van der Waals surface area contributed by atoms with Crippen LogP contribution in [0, 0.1) is 6.92 Å². The number of aryl methyl sites for hydroxylation is 1. The number of halogens is 2. The van der Waals surface area contributed by atoms with Gasteiger partial charge in [-0.15, -0.1) is 0 Å². The van der Waals surface area contributed by atoms with Crippen molar-refractivity contribution in [3.8, 4) is 5.75 Å². The van der Waals surface area contributed by atoms with Crippen LogP contribution in [0.5, 0.6) is 5.75 Å². The second-order valence-electron chi connectivity index (χ2n) is 8.75. The van der Waals surface area contributed by atoms with Crippen LogP contribution in [-0.4, -0.2) is 39.5 Å². The Labute approximate surface area is 237 Å². The van der Waals surface area contributed by atoms with E-state index in [0.29, 0.717) is 23.7 Å². The predicted octanol–water partition coefficient (Wildman–Crippen LogP) is 7.36. The van der Waals surface area contributed by atoms with E-state index in [1.165, 1.54) is 0 Å². The molecule has 1 aliphatic rings. The van der Waals surface area contributed by atoms with Crippen LogP contribution < -0.4 is 4.74 Å². The Balaban J connectivity index is 1.37. The zero-order chi connectivity index (χ0) is 26.8. The quantitative estimate of drug-likeness (QED) is 0.154. The summed E-state index contributed by atoms with van der Waals surface area (Å²) in [4.78, 5) is 39.7. The summed E-state index contributed by atoms with van der Waals surface area (Å²) >= 11 is 10.3. The first-order chi connectivity index (χ1) is 18.3. The van der Waals surface area contributed by atoms with Crippen LogP contribution in [0.15, 0.2) is 82.3 Å². The average molecular weight is 610 g/mol. The number of rotatable bonds is 8. The molecule has 9 heteroatoms. The number of carbonyl (C=O) groups excluding carboxylic acids is 3. The van der Waals surface area contributed by atoms with E-state index in [9.17, 15) is 14.4 Å². The Morgan fingerprint density at radius 3 is 2.61 bits per heavy atom. The molecular formula is C29H22BrClN2O4S. The van der Waals surface area contributed by atoms with Crippen LogP contribution in [0.1, 0.15) is 21.5 Å². The first-order valence-electron chi connectivity index (χ1n) is 11.8. The number of aromatic nitrogens is 1. The van der Waals surface area contributed by atoms with Crippen molar-refractivity contribution < 1.29 is 19.1 Å². The minimum absolute atomic E-state index is 0.272. The lowest BCUT2D eigenvalue weighted by Crippen LogP contribution is -2.33. The molecule has 0 saturated carbocycles. The fraction of sp³-hybridized carbons (Fsp3) is 0.138.